The molecule has 0 spiro atoms. The van der Waals surface area contributed by atoms with Gasteiger partial charge < -0.3 is 15.4 Å². The van der Waals surface area contributed by atoms with Gasteiger partial charge in [-0.25, -0.2) is 0 Å². The molecule has 0 saturated carbocycles. The van der Waals surface area contributed by atoms with Crippen molar-refractivity contribution >= 4 is 41.0 Å². The summed E-state index contributed by atoms with van der Waals surface area (Å²) < 4.78 is 5.98. The van der Waals surface area contributed by atoms with Crippen molar-refractivity contribution in [3.05, 3.63) is 76.8 Å². The zero-order chi connectivity index (χ0) is 37.8. The van der Waals surface area contributed by atoms with Crippen molar-refractivity contribution in [2.24, 2.45) is 21.7 Å². The Labute approximate surface area is 312 Å². The molecule has 0 aromatic heterocycles. The maximum atomic E-state index is 13.3. The number of amides is 2. The van der Waals surface area contributed by atoms with E-state index < -0.39 is 11.0 Å². The third kappa shape index (κ3) is 13.1. The summed E-state index contributed by atoms with van der Waals surface area (Å²) in [6.45, 7) is 24.7. The van der Waals surface area contributed by atoms with E-state index in [2.05, 4.69) is 85.1 Å². The monoisotopic (exact) mass is 726 g/mol. The summed E-state index contributed by atoms with van der Waals surface area (Å²) in [5.74, 6) is 1.70. The quantitative estimate of drug-likeness (QED) is 0.0760. The fraction of sp³-hybridized carbons (Fsp3) is 0.595. The number of ketones is 1. The molecular formula is C42H63ClN2O4S. The molecule has 0 heterocycles. The summed E-state index contributed by atoms with van der Waals surface area (Å²) in [4.78, 5) is 39.0. The Hall–Kier alpha value is -2.77. The summed E-state index contributed by atoms with van der Waals surface area (Å²) in [5, 5.41) is 6.68. The minimum absolute atomic E-state index is 0.0176. The highest BCUT2D eigenvalue weighted by Gasteiger charge is 2.43. The van der Waals surface area contributed by atoms with Crippen LogP contribution in [0, 0.1) is 21.7 Å². The Morgan fingerprint density at radius 3 is 1.82 bits per heavy atom. The first-order valence-corrected chi connectivity index (χ1v) is 19.6. The second-order valence-electron chi connectivity index (χ2n) is 16.3. The fourth-order valence-corrected chi connectivity index (χ4v) is 7.26. The minimum atomic E-state index is -1.10. The average Bonchev–Trinajstić information content (AvgIpc) is 3.03. The largest absolute Gasteiger partial charge is 0.478 e. The van der Waals surface area contributed by atoms with Crippen LogP contribution < -0.4 is 15.4 Å². The molecule has 50 heavy (non-hydrogen) atoms. The van der Waals surface area contributed by atoms with Gasteiger partial charge in [0.1, 0.15) is 5.75 Å². The van der Waals surface area contributed by atoms with Gasteiger partial charge in [0, 0.05) is 46.2 Å². The standard InChI is InChI=1S/C42H63ClN2O4S/c1-12-23-38(3,4)24-14-25-42(11,13-2)40(7,8)30-39(5,6)36(47)44-26-28-50-29-27-45-37(48)41(9,10)49-34-21-17-32(18-22-34)35(46)31-15-19-33(43)20-16-31/h14-22,25H,12-13,23-24,26-30H2,1-11H3,(H,44,47)(H,45,48). The SMILES string of the molecule is CCCC(C)(C)CC=CC(C)(CC)C(C)(C)CC(C)(C)C(=O)NCCSCCNC(=O)C(C)(C)Oc1ccc(C(=O)c2ccc(Cl)cc2)cc1. The second-order valence-corrected chi connectivity index (χ2v) is 18.0. The predicted octanol–water partition coefficient (Wildman–Crippen LogP) is 10.3. The highest BCUT2D eigenvalue weighted by Crippen LogP contribution is 2.50. The molecule has 1 atom stereocenters. The molecule has 0 aliphatic carbocycles. The van der Waals surface area contributed by atoms with Crippen molar-refractivity contribution < 1.29 is 19.1 Å². The first-order valence-electron chi connectivity index (χ1n) is 18.1. The van der Waals surface area contributed by atoms with Crippen LogP contribution in [0.5, 0.6) is 5.75 Å². The Morgan fingerprint density at radius 2 is 1.30 bits per heavy atom. The molecule has 0 fully saturated rings. The number of hydrogen-bond acceptors (Lipinski definition) is 5. The van der Waals surface area contributed by atoms with Crippen LogP contribution in [0.4, 0.5) is 0 Å². The number of hydrogen-bond donors (Lipinski definition) is 2. The van der Waals surface area contributed by atoms with E-state index in [4.69, 9.17) is 16.3 Å². The summed E-state index contributed by atoms with van der Waals surface area (Å²) >= 11 is 7.61. The number of ether oxygens (including phenoxy) is 1. The van der Waals surface area contributed by atoms with Crippen LogP contribution in [0.2, 0.25) is 5.02 Å². The van der Waals surface area contributed by atoms with Gasteiger partial charge >= 0.3 is 0 Å². The van der Waals surface area contributed by atoms with Crippen molar-refractivity contribution in [2.45, 2.75) is 114 Å². The minimum Gasteiger partial charge on any atom is -0.478 e. The van der Waals surface area contributed by atoms with Crippen LogP contribution >= 0.6 is 23.4 Å². The highest BCUT2D eigenvalue weighted by atomic mass is 35.5. The van der Waals surface area contributed by atoms with Crippen LogP contribution in [0.3, 0.4) is 0 Å². The van der Waals surface area contributed by atoms with Gasteiger partial charge in [0.2, 0.25) is 5.91 Å². The molecule has 2 aromatic carbocycles. The second kappa shape index (κ2) is 18.6. The molecule has 278 valence electrons. The average molecular weight is 727 g/mol. The first kappa shape index (κ1) is 43.4. The summed E-state index contributed by atoms with van der Waals surface area (Å²) in [6, 6.07) is 13.5. The molecule has 2 aromatic rings. The van der Waals surface area contributed by atoms with Gasteiger partial charge in [-0.3, -0.25) is 14.4 Å². The van der Waals surface area contributed by atoms with E-state index in [1.807, 2.05) is 0 Å². The van der Waals surface area contributed by atoms with Gasteiger partial charge in [-0.2, -0.15) is 11.8 Å². The van der Waals surface area contributed by atoms with Gasteiger partial charge in [0.15, 0.2) is 11.4 Å². The Balaban J connectivity index is 1.77. The van der Waals surface area contributed by atoms with Crippen LogP contribution in [0.15, 0.2) is 60.7 Å². The third-order valence-corrected chi connectivity index (χ3v) is 11.3. The number of allylic oxidation sites excluding steroid dienone is 2. The summed E-state index contributed by atoms with van der Waals surface area (Å²) in [5.41, 5.74) is -0.328. The van der Waals surface area contributed by atoms with Gasteiger partial charge in [-0.1, -0.05) is 92.5 Å². The van der Waals surface area contributed by atoms with E-state index in [0.29, 0.717) is 46.2 Å². The lowest BCUT2D eigenvalue weighted by Crippen LogP contribution is -2.47. The zero-order valence-corrected chi connectivity index (χ0v) is 34.1. The molecule has 8 heteroatoms. The summed E-state index contributed by atoms with van der Waals surface area (Å²) in [7, 11) is 0. The molecule has 0 aliphatic heterocycles. The molecule has 0 saturated heterocycles. The van der Waals surface area contributed by atoms with Crippen molar-refractivity contribution in [2.75, 3.05) is 24.6 Å². The molecule has 0 aliphatic rings. The number of carbonyl (C=O) groups excluding carboxylic acids is 3. The van der Waals surface area contributed by atoms with Gasteiger partial charge in [0.05, 0.1) is 0 Å². The number of carbonyl (C=O) groups is 3. The van der Waals surface area contributed by atoms with E-state index in [1.54, 1.807) is 74.1 Å². The number of rotatable bonds is 21. The summed E-state index contributed by atoms with van der Waals surface area (Å²) in [6.07, 6.45) is 10.0. The molecular weight excluding hydrogens is 664 g/mol. The van der Waals surface area contributed by atoms with Crippen LogP contribution in [-0.4, -0.2) is 47.8 Å². The first-order chi connectivity index (χ1) is 23.2. The van der Waals surface area contributed by atoms with Gasteiger partial charge in [-0.15, -0.1) is 0 Å². The number of thioether (sulfide) groups is 1. The highest BCUT2D eigenvalue weighted by molar-refractivity contribution is 7.99. The van der Waals surface area contributed by atoms with Crippen molar-refractivity contribution in [1.29, 1.82) is 0 Å². The molecule has 2 N–H and O–H groups in total. The van der Waals surface area contributed by atoms with Crippen LogP contribution in [0.25, 0.3) is 0 Å². The van der Waals surface area contributed by atoms with Gasteiger partial charge in [-0.05, 0) is 104 Å². The molecule has 2 rings (SSSR count). The topological polar surface area (TPSA) is 84.5 Å². The predicted molar refractivity (Wildman–Crippen MR) is 212 cm³/mol. The molecule has 2 amide bonds. The van der Waals surface area contributed by atoms with Crippen LogP contribution in [-0.2, 0) is 9.59 Å². The lowest BCUT2D eigenvalue weighted by Gasteiger charge is -2.46. The normalized spacial score (nSPS) is 13.9. The molecule has 0 radical (unpaired) electrons. The van der Waals surface area contributed by atoms with Crippen molar-refractivity contribution in [1.82, 2.24) is 10.6 Å². The van der Waals surface area contributed by atoms with Crippen molar-refractivity contribution in [3.8, 4) is 5.75 Å². The lowest BCUT2D eigenvalue weighted by molar-refractivity contribution is -0.134. The number of benzene rings is 2. The molecule has 0 bridgehead atoms. The fourth-order valence-electron chi connectivity index (χ4n) is 6.44. The number of nitrogens with one attached hydrogen (secondary N) is 2. The maximum Gasteiger partial charge on any atom is 0.263 e. The Morgan fingerprint density at radius 1 is 0.780 bits per heavy atom. The Bertz CT molecular complexity index is 1430. The van der Waals surface area contributed by atoms with E-state index in [1.165, 1.54) is 12.8 Å². The van der Waals surface area contributed by atoms with Gasteiger partial charge in [0.25, 0.3) is 5.91 Å². The Kier molecular flexibility index (Phi) is 16.2. The number of halogens is 1. The van der Waals surface area contributed by atoms with Crippen molar-refractivity contribution in [3.63, 3.8) is 0 Å². The smallest absolute Gasteiger partial charge is 0.263 e. The van der Waals surface area contributed by atoms with E-state index in [-0.39, 0.29) is 28.4 Å². The lowest BCUT2D eigenvalue weighted by atomic mass is 9.59. The zero-order valence-electron chi connectivity index (χ0n) is 32.6. The molecule has 1 unspecified atom stereocenters. The third-order valence-electron chi connectivity index (χ3n) is 10.1. The molecule has 6 nitrogen and oxygen atoms in total. The maximum absolute atomic E-state index is 13.3. The van der Waals surface area contributed by atoms with E-state index in [9.17, 15) is 14.4 Å². The van der Waals surface area contributed by atoms with E-state index >= 15 is 0 Å². The van der Waals surface area contributed by atoms with E-state index in [0.717, 1.165) is 25.0 Å². The van der Waals surface area contributed by atoms with Crippen LogP contribution in [0.1, 0.15) is 124 Å².